The van der Waals surface area contributed by atoms with Gasteiger partial charge in [0.25, 0.3) is 0 Å². The number of hydrogen-bond donors (Lipinski definition) is 0. The fourth-order valence-electron chi connectivity index (χ4n) is 4.04. The van der Waals surface area contributed by atoms with E-state index in [2.05, 4.69) is 44.5 Å². The molecule has 0 amide bonds. The third-order valence-electron chi connectivity index (χ3n) is 4.88. The normalized spacial score (nSPS) is 43.6. The molecule has 0 aromatic rings. The second kappa shape index (κ2) is 3.46. The number of piperidine rings is 1. The van der Waals surface area contributed by atoms with Crippen LogP contribution in [0.3, 0.4) is 0 Å². The van der Waals surface area contributed by atoms with E-state index in [1.807, 2.05) is 0 Å². The fourth-order valence-corrected chi connectivity index (χ4v) is 4.04. The lowest BCUT2D eigenvalue weighted by molar-refractivity contribution is -0.0364. The molecule has 88 valence electrons. The third-order valence-corrected chi connectivity index (χ3v) is 4.88. The molecule has 2 saturated heterocycles. The molecule has 0 spiro atoms. The van der Waals surface area contributed by atoms with Crippen molar-refractivity contribution in [2.45, 2.75) is 52.1 Å². The van der Waals surface area contributed by atoms with Gasteiger partial charge in [-0.05, 0) is 52.6 Å². The van der Waals surface area contributed by atoms with Crippen LogP contribution < -0.4 is 0 Å². The van der Waals surface area contributed by atoms with Crippen LogP contribution in [0.15, 0.2) is 0 Å². The van der Waals surface area contributed by atoms with Gasteiger partial charge in [-0.3, -0.25) is 4.90 Å². The van der Waals surface area contributed by atoms with Crippen molar-refractivity contribution >= 4 is 0 Å². The molecule has 0 bridgehead atoms. The maximum atomic E-state index is 2.74. The summed E-state index contributed by atoms with van der Waals surface area (Å²) in [5.74, 6) is 0. The largest absolute Gasteiger partial charge is 0.304 e. The van der Waals surface area contributed by atoms with Crippen molar-refractivity contribution in [3.05, 3.63) is 0 Å². The van der Waals surface area contributed by atoms with Crippen LogP contribution in [0.4, 0.5) is 0 Å². The van der Waals surface area contributed by atoms with E-state index in [1.54, 1.807) is 0 Å². The lowest BCUT2D eigenvalue weighted by atomic mass is 9.67. The Morgan fingerprint density at radius 1 is 1.13 bits per heavy atom. The average Bonchev–Trinajstić information content (AvgIpc) is 2.32. The molecule has 15 heavy (non-hydrogen) atoms. The fraction of sp³-hybridized carbons (Fsp3) is 1.00. The molecule has 2 aliphatic rings. The van der Waals surface area contributed by atoms with Gasteiger partial charge in [0, 0.05) is 24.7 Å². The minimum absolute atomic E-state index is 0.397. The van der Waals surface area contributed by atoms with Crippen LogP contribution in [0.25, 0.3) is 0 Å². The molecule has 0 N–H and O–H groups in total. The van der Waals surface area contributed by atoms with Crippen LogP contribution >= 0.6 is 0 Å². The molecule has 2 fully saturated rings. The van der Waals surface area contributed by atoms with E-state index in [0.717, 1.165) is 0 Å². The average molecular weight is 210 g/mol. The SMILES string of the molecule is CC(C)N1CCC[C@@]2(C)CN(C)C[C@@]12C. The van der Waals surface area contributed by atoms with Crippen molar-refractivity contribution in [1.82, 2.24) is 9.80 Å². The van der Waals surface area contributed by atoms with Gasteiger partial charge in [0.2, 0.25) is 0 Å². The van der Waals surface area contributed by atoms with Crippen LogP contribution in [0.1, 0.15) is 40.5 Å². The zero-order valence-corrected chi connectivity index (χ0v) is 11.0. The quantitative estimate of drug-likeness (QED) is 0.654. The highest BCUT2D eigenvalue weighted by Crippen LogP contribution is 2.49. The first-order chi connectivity index (χ1) is 6.89. The first kappa shape index (κ1) is 11.4. The summed E-state index contributed by atoms with van der Waals surface area (Å²) >= 11 is 0. The van der Waals surface area contributed by atoms with Crippen LogP contribution in [-0.2, 0) is 0 Å². The summed E-state index contributed by atoms with van der Waals surface area (Å²) in [7, 11) is 2.27. The predicted octanol–water partition coefficient (Wildman–Crippen LogP) is 2.20. The standard InChI is InChI=1S/C13H26N2/c1-11(2)15-8-6-7-12(3)9-14(5)10-13(12,15)4/h11H,6-10H2,1-5H3/t12-,13+/m0/s1. The molecule has 0 aromatic heterocycles. The maximum absolute atomic E-state index is 2.74. The summed E-state index contributed by atoms with van der Waals surface area (Å²) in [4.78, 5) is 5.25. The van der Waals surface area contributed by atoms with Gasteiger partial charge in [-0.15, -0.1) is 0 Å². The van der Waals surface area contributed by atoms with Gasteiger partial charge in [-0.1, -0.05) is 6.92 Å². The van der Waals surface area contributed by atoms with Crippen molar-refractivity contribution in [2.75, 3.05) is 26.7 Å². The minimum Gasteiger partial charge on any atom is -0.304 e. The number of nitrogens with zero attached hydrogens (tertiary/aromatic N) is 2. The molecule has 2 nitrogen and oxygen atoms in total. The molecule has 0 aromatic carbocycles. The summed E-state index contributed by atoms with van der Waals surface area (Å²) < 4.78 is 0. The summed E-state index contributed by atoms with van der Waals surface area (Å²) in [6, 6.07) is 0.682. The molecule has 2 heterocycles. The minimum atomic E-state index is 0.397. The third kappa shape index (κ3) is 1.53. The van der Waals surface area contributed by atoms with Gasteiger partial charge in [0.15, 0.2) is 0 Å². The molecule has 2 rings (SSSR count). The van der Waals surface area contributed by atoms with E-state index in [4.69, 9.17) is 0 Å². The lowest BCUT2D eigenvalue weighted by Gasteiger charge is -2.54. The van der Waals surface area contributed by atoms with Crippen molar-refractivity contribution in [1.29, 1.82) is 0 Å². The predicted molar refractivity (Wildman–Crippen MR) is 65.1 cm³/mol. The Hall–Kier alpha value is -0.0800. The van der Waals surface area contributed by atoms with E-state index >= 15 is 0 Å². The number of likely N-dealkylation sites (tertiary alicyclic amines) is 2. The monoisotopic (exact) mass is 210 g/mol. The highest BCUT2D eigenvalue weighted by Gasteiger charge is 2.55. The van der Waals surface area contributed by atoms with Gasteiger partial charge in [-0.2, -0.15) is 0 Å². The summed E-state index contributed by atoms with van der Waals surface area (Å²) in [5, 5.41) is 0. The molecular formula is C13H26N2. The Morgan fingerprint density at radius 2 is 1.80 bits per heavy atom. The number of rotatable bonds is 1. The van der Waals surface area contributed by atoms with E-state index in [1.165, 1.54) is 32.5 Å². The van der Waals surface area contributed by atoms with Crippen molar-refractivity contribution in [2.24, 2.45) is 5.41 Å². The topological polar surface area (TPSA) is 6.48 Å². The molecule has 2 heteroatoms. The Morgan fingerprint density at radius 3 is 2.40 bits per heavy atom. The summed E-state index contributed by atoms with van der Waals surface area (Å²) in [6.07, 6.45) is 2.77. The Labute approximate surface area is 94.6 Å². The van der Waals surface area contributed by atoms with Crippen molar-refractivity contribution < 1.29 is 0 Å². The van der Waals surface area contributed by atoms with Crippen LogP contribution in [0, 0.1) is 5.41 Å². The van der Waals surface area contributed by atoms with E-state index in [9.17, 15) is 0 Å². The zero-order valence-electron chi connectivity index (χ0n) is 11.0. The zero-order chi connectivity index (χ0) is 11.3. The van der Waals surface area contributed by atoms with Gasteiger partial charge >= 0.3 is 0 Å². The number of fused-ring (bicyclic) bond motifs is 1. The van der Waals surface area contributed by atoms with Gasteiger partial charge in [0.1, 0.15) is 0 Å². The molecule has 0 aliphatic carbocycles. The van der Waals surface area contributed by atoms with Gasteiger partial charge in [0.05, 0.1) is 0 Å². The first-order valence-electron chi connectivity index (χ1n) is 6.34. The molecule has 2 atom stereocenters. The Bertz CT molecular complexity index is 251. The molecule has 0 radical (unpaired) electrons. The lowest BCUT2D eigenvalue weighted by Crippen LogP contribution is -2.62. The van der Waals surface area contributed by atoms with E-state index in [0.29, 0.717) is 17.0 Å². The van der Waals surface area contributed by atoms with Crippen LogP contribution in [0.5, 0.6) is 0 Å². The van der Waals surface area contributed by atoms with Gasteiger partial charge in [-0.25, -0.2) is 0 Å². The van der Waals surface area contributed by atoms with Crippen LogP contribution in [0.2, 0.25) is 0 Å². The molecule has 0 saturated carbocycles. The van der Waals surface area contributed by atoms with E-state index < -0.39 is 0 Å². The molecular weight excluding hydrogens is 184 g/mol. The second-order valence-electron chi connectivity index (χ2n) is 6.40. The Balaban J connectivity index is 2.31. The Kier molecular flexibility index (Phi) is 2.63. The highest BCUT2D eigenvalue weighted by atomic mass is 15.3. The van der Waals surface area contributed by atoms with Crippen molar-refractivity contribution in [3.63, 3.8) is 0 Å². The van der Waals surface area contributed by atoms with Crippen molar-refractivity contribution in [3.8, 4) is 0 Å². The smallest absolute Gasteiger partial charge is 0.0376 e. The second-order valence-corrected chi connectivity index (χ2v) is 6.40. The summed E-state index contributed by atoms with van der Waals surface area (Å²) in [6.45, 7) is 13.5. The molecule has 0 unspecified atom stereocenters. The van der Waals surface area contributed by atoms with Gasteiger partial charge < -0.3 is 4.90 Å². The highest BCUT2D eigenvalue weighted by molar-refractivity contribution is 5.11. The number of hydrogen-bond acceptors (Lipinski definition) is 2. The number of likely N-dealkylation sites (N-methyl/N-ethyl adjacent to an activating group) is 1. The summed E-state index contributed by atoms with van der Waals surface area (Å²) in [5.41, 5.74) is 0.901. The van der Waals surface area contributed by atoms with E-state index in [-0.39, 0.29) is 0 Å². The van der Waals surface area contributed by atoms with Crippen LogP contribution in [-0.4, -0.2) is 48.1 Å². The molecule has 2 aliphatic heterocycles. The maximum Gasteiger partial charge on any atom is 0.0376 e. The first-order valence-corrected chi connectivity index (χ1v) is 6.34.